The molecular weight excluding hydrogens is 475 g/mol. The molecule has 0 unspecified atom stereocenters. The van der Waals surface area contributed by atoms with E-state index in [0.717, 1.165) is 16.7 Å². The molecule has 0 saturated carbocycles. The van der Waals surface area contributed by atoms with Crippen LogP contribution in [-0.2, 0) is 0 Å². The number of nitriles is 2. The van der Waals surface area contributed by atoms with Gasteiger partial charge in [0.1, 0.15) is 35.2 Å². The highest BCUT2D eigenvalue weighted by molar-refractivity contribution is 5.84. The monoisotopic (exact) mass is 491 g/mol. The van der Waals surface area contributed by atoms with Crippen LogP contribution < -0.4 is 22.3 Å². The third-order valence-electron chi connectivity index (χ3n) is 5.27. The Balaban J connectivity index is 2.01. The predicted octanol–water partition coefficient (Wildman–Crippen LogP) is 3.33. The number of aromatic nitrogens is 4. The summed E-state index contributed by atoms with van der Waals surface area (Å²) in [4.78, 5) is 25.8. The van der Waals surface area contributed by atoms with E-state index in [9.17, 15) is 28.5 Å². The number of alkyl halides is 2. The van der Waals surface area contributed by atoms with E-state index < -0.39 is 29.4 Å². The Kier molecular flexibility index (Phi) is 6.15. The van der Waals surface area contributed by atoms with E-state index in [-0.39, 0.29) is 51.1 Å². The van der Waals surface area contributed by atoms with Crippen LogP contribution in [0.1, 0.15) is 41.9 Å². The number of anilines is 3. The maximum absolute atomic E-state index is 14.3. The zero-order valence-corrected chi connectivity index (χ0v) is 18.5. The maximum atomic E-state index is 14.3. The minimum atomic E-state index is -3.01. The van der Waals surface area contributed by atoms with Gasteiger partial charge in [0.2, 0.25) is 5.95 Å². The third kappa shape index (κ3) is 4.21. The van der Waals surface area contributed by atoms with Gasteiger partial charge in [0.15, 0.2) is 5.82 Å². The number of nitrogens with zero attached hydrogens (tertiary/aromatic N) is 6. The Morgan fingerprint density at radius 2 is 1.83 bits per heavy atom. The van der Waals surface area contributed by atoms with Crippen LogP contribution in [0, 0.1) is 28.5 Å². The van der Waals surface area contributed by atoms with Crippen LogP contribution in [-0.4, -0.2) is 19.5 Å². The fourth-order valence-corrected chi connectivity index (χ4v) is 3.71. The molecule has 2 aromatic carbocycles. The van der Waals surface area contributed by atoms with Gasteiger partial charge in [0.05, 0.1) is 28.2 Å². The van der Waals surface area contributed by atoms with Crippen LogP contribution in [0.25, 0.3) is 16.6 Å². The lowest BCUT2D eigenvalue weighted by molar-refractivity contribution is 0.151. The van der Waals surface area contributed by atoms with Crippen molar-refractivity contribution in [3.05, 3.63) is 75.1 Å². The summed E-state index contributed by atoms with van der Waals surface area (Å²) >= 11 is 0. The van der Waals surface area contributed by atoms with Gasteiger partial charge in [-0.2, -0.15) is 20.5 Å². The van der Waals surface area contributed by atoms with E-state index in [2.05, 4.69) is 20.3 Å². The molecule has 0 radical (unpaired) electrons. The van der Waals surface area contributed by atoms with Gasteiger partial charge >= 0.3 is 0 Å². The summed E-state index contributed by atoms with van der Waals surface area (Å²) < 4.78 is 42.1. The summed E-state index contributed by atoms with van der Waals surface area (Å²) in [5.41, 5.74) is 9.75. The lowest BCUT2D eigenvalue weighted by Gasteiger charge is -2.21. The molecule has 0 spiro atoms. The van der Waals surface area contributed by atoms with Gasteiger partial charge < -0.3 is 16.8 Å². The molecule has 180 valence electrons. The van der Waals surface area contributed by atoms with Crippen molar-refractivity contribution in [2.24, 2.45) is 0 Å². The first-order valence-electron chi connectivity index (χ1n) is 10.3. The van der Waals surface area contributed by atoms with Crippen molar-refractivity contribution in [3.8, 4) is 17.8 Å². The molecule has 4 rings (SSSR count). The number of nitrogens with one attached hydrogen (secondary N) is 1. The van der Waals surface area contributed by atoms with Crippen LogP contribution in [0.2, 0.25) is 0 Å². The predicted molar refractivity (Wildman–Crippen MR) is 125 cm³/mol. The molecule has 36 heavy (non-hydrogen) atoms. The SMILES string of the molecule is C[C@H](Nc1nc(N)nc(N)c1C#N)c1nc2cccc(C#N)c2c(=O)n1-c1cc(F)cc(C(F)F)c1. The second kappa shape index (κ2) is 9.23. The first-order valence-corrected chi connectivity index (χ1v) is 10.3. The van der Waals surface area contributed by atoms with E-state index in [1.54, 1.807) is 6.92 Å². The van der Waals surface area contributed by atoms with Crippen LogP contribution in [0.4, 0.5) is 30.8 Å². The van der Waals surface area contributed by atoms with Gasteiger partial charge in [-0.1, -0.05) is 6.07 Å². The topological polar surface area (TPSA) is 172 Å². The average Bonchev–Trinajstić information content (AvgIpc) is 2.82. The maximum Gasteiger partial charge on any atom is 0.267 e. The number of benzene rings is 2. The smallest absolute Gasteiger partial charge is 0.267 e. The van der Waals surface area contributed by atoms with Crippen LogP contribution in [0.5, 0.6) is 0 Å². The molecule has 0 amide bonds. The van der Waals surface area contributed by atoms with E-state index in [4.69, 9.17) is 11.5 Å². The van der Waals surface area contributed by atoms with E-state index in [1.807, 2.05) is 12.1 Å². The molecule has 2 aromatic heterocycles. The Bertz CT molecular complexity index is 1650. The average molecular weight is 491 g/mol. The van der Waals surface area contributed by atoms with Crippen LogP contribution in [0.3, 0.4) is 0 Å². The highest BCUT2D eigenvalue weighted by Crippen LogP contribution is 2.28. The quantitative estimate of drug-likeness (QED) is 0.378. The Morgan fingerprint density at radius 3 is 2.50 bits per heavy atom. The summed E-state index contributed by atoms with van der Waals surface area (Å²) in [7, 11) is 0. The number of hydrogen-bond acceptors (Lipinski definition) is 9. The van der Waals surface area contributed by atoms with Crippen molar-refractivity contribution < 1.29 is 13.2 Å². The molecule has 10 nitrogen and oxygen atoms in total. The fraction of sp³-hybridized carbons (Fsp3) is 0.130. The normalized spacial score (nSPS) is 11.8. The molecule has 2 heterocycles. The number of rotatable bonds is 5. The fourth-order valence-electron chi connectivity index (χ4n) is 3.71. The number of halogens is 3. The largest absolute Gasteiger partial charge is 0.382 e. The summed E-state index contributed by atoms with van der Waals surface area (Å²) in [6.45, 7) is 1.54. The van der Waals surface area contributed by atoms with Gasteiger partial charge in [-0.3, -0.25) is 9.36 Å². The number of fused-ring (bicyclic) bond motifs is 1. The zero-order valence-electron chi connectivity index (χ0n) is 18.5. The van der Waals surface area contributed by atoms with Crippen molar-refractivity contribution in [3.63, 3.8) is 0 Å². The van der Waals surface area contributed by atoms with Gasteiger partial charge in [-0.25, -0.2) is 18.2 Å². The number of nitrogen functional groups attached to an aromatic ring is 2. The molecule has 1 atom stereocenters. The highest BCUT2D eigenvalue weighted by atomic mass is 19.3. The first kappa shape index (κ1) is 24.0. The van der Waals surface area contributed by atoms with Crippen molar-refractivity contribution in [2.45, 2.75) is 19.4 Å². The summed E-state index contributed by atoms with van der Waals surface area (Å²) in [5.74, 6) is -1.52. The van der Waals surface area contributed by atoms with Crippen molar-refractivity contribution in [1.82, 2.24) is 19.5 Å². The molecule has 5 N–H and O–H groups in total. The van der Waals surface area contributed by atoms with Gasteiger partial charge in [-0.05, 0) is 37.3 Å². The second-order valence-electron chi connectivity index (χ2n) is 7.63. The number of hydrogen-bond donors (Lipinski definition) is 3. The lowest BCUT2D eigenvalue weighted by atomic mass is 10.1. The molecule has 0 aliphatic carbocycles. The second-order valence-corrected chi connectivity index (χ2v) is 7.63. The van der Waals surface area contributed by atoms with Gasteiger partial charge in [-0.15, -0.1) is 0 Å². The van der Waals surface area contributed by atoms with E-state index >= 15 is 0 Å². The Hall–Kier alpha value is -5.17. The summed E-state index contributed by atoms with van der Waals surface area (Å²) in [6, 6.07) is 9.76. The molecule has 13 heteroatoms. The molecule has 4 aromatic rings. The molecular formula is C23H16F3N9O. The first-order chi connectivity index (χ1) is 17.1. The van der Waals surface area contributed by atoms with Crippen LogP contribution in [0.15, 0.2) is 41.2 Å². The standard InChI is InChI=1S/C23H16F3N9O/c1-10(31-20-15(9-28)19(29)33-23(30)34-20)21-32-16-4-2-3-11(8-27)17(16)22(36)35(21)14-6-12(18(25)26)5-13(24)7-14/h2-7,10,18H,1H3,(H5,29,30,31,33,34)/t10-/m0/s1. The highest BCUT2D eigenvalue weighted by Gasteiger charge is 2.23. The van der Waals surface area contributed by atoms with Gasteiger partial charge in [0.25, 0.3) is 12.0 Å². The lowest BCUT2D eigenvalue weighted by Crippen LogP contribution is -2.28. The molecule has 0 aliphatic rings. The van der Waals surface area contributed by atoms with Crippen molar-refractivity contribution in [1.29, 1.82) is 10.5 Å². The molecule has 0 fully saturated rings. The number of nitrogens with two attached hydrogens (primary N) is 2. The molecule has 0 saturated heterocycles. The molecule has 0 bridgehead atoms. The summed E-state index contributed by atoms with van der Waals surface area (Å²) in [6.07, 6.45) is -3.01. The molecule has 0 aliphatic heterocycles. The Morgan fingerprint density at radius 1 is 1.08 bits per heavy atom. The summed E-state index contributed by atoms with van der Waals surface area (Å²) in [5, 5.41) is 21.8. The minimum Gasteiger partial charge on any atom is -0.382 e. The van der Waals surface area contributed by atoms with Crippen molar-refractivity contribution >= 4 is 28.5 Å². The van der Waals surface area contributed by atoms with Crippen LogP contribution >= 0.6 is 0 Å². The third-order valence-corrected chi connectivity index (χ3v) is 5.27. The van der Waals surface area contributed by atoms with E-state index in [1.165, 1.54) is 18.2 Å². The van der Waals surface area contributed by atoms with Crippen molar-refractivity contribution in [2.75, 3.05) is 16.8 Å². The minimum absolute atomic E-state index is 0.000451. The zero-order chi connectivity index (χ0) is 26.1. The Labute approximate surface area is 201 Å². The van der Waals surface area contributed by atoms with E-state index in [0.29, 0.717) is 6.07 Å². The van der Waals surface area contributed by atoms with Gasteiger partial charge in [0, 0.05) is 5.56 Å².